The number of rotatable bonds is 4. The Kier molecular flexibility index (Phi) is 5.84. The fourth-order valence-corrected chi connectivity index (χ4v) is 1.71. The molecule has 3 nitrogen and oxygen atoms in total. The van der Waals surface area contributed by atoms with Crippen molar-refractivity contribution in [2.75, 3.05) is 18.4 Å². The molecule has 0 heterocycles. The Bertz CT molecular complexity index is 469. The number of hydrogen-bond acceptors (Lipinski definition) is 1. The molecule has 96 valence electrons. The van der Waals surface area contributed by atoms with Crippen LogP contribution in [0.4, 0.5) is 10.5 Å². The molecule has 0 atom stereocenters. The molecule has 2 amide bonds. The number of amides is 2. The summed E-state index contributed by atoms with van der Waals surface area (Å²) in [6.45, 7) is 2.87. The Balaban J connectivity index is 2.73. The van der Waals surface area contributed by atoms with E-state index in [-0.39, 0.29) is 12.6 Å². The monoisotopic (exact) mass is 284 g/mol. The van der Waals surface area contributed by atoms with Crippen molar-refractivity contribution in [1.82, 2.24) is 4.90 Å². The van der Waals surface area contributed by atoms with Crippen LogP contribution in [-0.4, -0.2) is 24.0 Å². The zero-order valence-electron chi connectivity index (χ0n) is 10.0. The summed E-state index contributed by atoms with van der Waals surface area (Å²) < 4.78 is 0. The van der Waals surface area contributed by atoms with Gasteiger partial charge in [0, 0.05) is 12.2 Å². The predicted molar refractivity (Wildman–Crippen MR) is 76.2 cm³/mol. The summed E-state index contributed by atoms with van der Waals surface area (Å²) in [6, 6.07) is 4.67. The topological polar surface area (TPSA) is 32.3 Å². The largest absolute Gasteiger partial charge is 0.322 e. The SMILES string of the molecule is C#CCN(CCC)C(=O)Nc1ccc(Cl)c(Cl)c1. The highest BCUT2D eigenvalue weighted by atomic mass is 35.5. The number of carbonyl (C=O) groups is 1. The van der Waals surface area contributed by atoms with Gasteiger partial charge < -0.3 is 10.2 Å². The Labute approximate surface area is 117 Å². The Morgan fingerprint density at radius 1 is 1.44 bits per heavy atom. The molecule has 0 spiro atoms. The van der Waals surface area contributed by atoms with Crippen LogP contribution in [-0.2, 0) is 0 Å². The summed E-state index contributed by atoms with van der Waals surface area (Å²) in [4.78, 5) is 13.5. The lowest BCUT2D eigenvalue weighted by Crippen LogP contribution is -2.35. The van der Waals surface area contributed by atoms with Crippen LogP contribution in [0.15, 0.2) is 18.2 Å². The molecule has 5 heteroatoms. The molecule has 0 fully saturated rings. The Morgan fingerprint density at radius 2 is 2.17 bits per heavy atom. The molecule has 0 bridgehead atoms. The van der Waals surface area contributed by atoms with E-state index in [2.05, 4.69) is 11.2 Å². The second-order valence-electron chi connectivity index (χ2n) is 3.68. The van der Waals surface area contributed by atoms with Crippen LogP contribution in [0.5, 0.6) is 0 Å². The highest BCUT2D eigenvalue weighted by Gasteiger charge is 2.11. The number of urea groups is 1. The van der Waals surface area contributed by atoms with Crippen molar-refractivity contribution in [2.45, 2.75) is 13.3 Å². The van der Waals surface area contributed by atoms with Gasteiger partial charge in [0.15, 0.2) is 0 Å². The Morgan fingerprint density at radius 3 is 2.72 bits per heavy atom. The van der Waals surface area contributed by atoms with Crippen molar-refractivity contribution in [1.29, 1.82) is 0 Å². The van der Waals surface area contributed by atoms with Crippen LogP contribution in [0.25, 0.3) is 0 Å². The molecule has 0 radical (unpaired) electrons. The van der Waals surface area contributed by atoms with E-state index in [1.165, 1.54) is 0 Å². The second-order valence-corrected chi connectivity index (χ2v) is 4.50. The van der Waals surface area contributed by atoms with E-state index in [4.69, 9.17) is 29.6 Å². The van der Waals surface area contributed by atoms with Gasteiger partial charge in [-0.2, -0.15) is 0 Å². The molecule has 0 aliphatic rings. The van der Waals surface area contributed by atoms with Gasteiger partial charge >= 0.3 is 6.03 Å². The van der Waals surface area contributed by atoms with E-state index in [1.807, 2.05) is 6.92 Å². The van der Waals surface area contributed by atoms with Gasteiger partial charge in [-0.3, -0.25) is 0 Å². The lowest BCUT2D eigenvalue weighted by Gasteiger charge is -2.20. The number of nitrogens with zero attached hydrogens (tertiary/aromatic N) is 1. The summed E-state index contributed by atoms with van der Waals surface area (Å²) in [5.74, 6) is 2.46. The molecule has 1 N–H and O–H groups in total. The molecule has 0 aliphatic heterocycles. The first kappa shape index (κ1) is 14.7. The zero-order valence-corrected chi connectivity index (χ0v) is 11.6. The van der Waals surface area contributed by atoms with E-state index >= 15 is 0 Å². The highest BCUT2D eigenvalue weighted by molar-refractivity contribution is 6.42. The first-order valence-corrected chi connectivity index (χ1v) is 6.28. The summed E-state index contributed by atoms with van der Waals surface area (Å²) in [6.07, 6.45) is 6.07. The molecule has 0 saturated carbocycles. The second kappa shape index (κ2) is 7.15. The number of hydrogen-bond donors (Lipinski definition) is 1. The lowest BCUT2D eigenvalue weighted by atomic mass is 10.3. The molecule has 1 rings (SSSR count). The smallest absolute Gasteiger partial charge is 0.313 e. The summed E-state index contributed by atoms with van der Waals surface area (Å²) in [5.41, 5.74) is 0.590. The minimum absolute atomic E-state index is 0.242. The van der Waals surface area contributed by atoms with Crippen molar-refractivity contribution in [3.8, 4) is 12.3 Å². The lowest BCUT2D eigenvalue weighted by molar-refractivity contribution is 0.218. The van der Waals surface area contributed by atoms with Crippen molar-refractivity contribution < 1.29 is 4.79 Å². The van der Waals surface area contributed by atoms with Gasteiger partial charge in [-0.1, -0.05) is 36.0 Å². The van der Waals surface area contributed by atoms with Crippen molar-refractivity contribution >= 4 is 34.9 Å². The minimum Gasteiger partial charge on any atom is -0.313 e. The predicted octanol–water partition coefficient (Wildman–Crippen LogP) is 3.87. The molecule has 1 aromatic carbocycles. The quantitative estimate of drug-likeness (QED) is 0.837. The minimum atomic E-state index is -0.242. The Hall–Kier alpha value is -1.37. The van der Waals surface area contributed by atoms with Gasteiger partial charge in [-0.15, -0.1) is 6.42 Å². The molecule has 0 aromatic heterocycles. The van der Waals surface area contributed by atoms with Gasteiger partial charge in [-0.25, -0.2) is 4.79 Å². The first-order valence-electron chi connectivity index (χ1n) is 5.53. The fraction of sp³-hybridized carbons (Fsp3) is 0.308. The van der Waals surface area contributed by atoms with Crippen LogP contribution >= 0.6 is 23.2 Å². The number of carbonyl (C=O) groups excluding carboxylic acids is 1. The molecule has 1 aromatic rings. The first-order chi connectivity index (χ1) is 8.58. The van der Waals surface area contributed by atoms with Crippen LogP contribution in [0.3, 0.4) is 0 Å². The van der Waals surface area contributed by atoms with Crippen LogP contribution in [0.1, 0.15) is 13.3 Å². The maximum Gasteiger partial charge on any atom is 0.322 e. The number of terminal acetylenes is 1. The van der Waals surface area contributed by atoms with Gasteiger partial charge in [0.2, 0.25) is 0 Å². The van der Waals surface area contributed by atoms with E-state index in [1.54, 1.807) is 23.1 Å². The van der Waals surface area contributed by atoms with E-state index < -0.39 is 0 Å². The van der Waals surface area contributed by atoms with Crippen LogP contribution in [0.2, 0.25) is 10.0 Å². The van der Waals surface area contributed by atoms with E-state index in [0.29, 0.717) is 22.3 Å². The van der Waals surface area contributed by atoms with Crippen molar-refractivity contribution in [2.24, 2.45) is 0 Å². The zero-order chi connectivity index (χ0) is 13.5. The van der Waals surface area contributed by atoms with Gasteiger partial charge in [0.1, 0.15) is 0 Å². The standard InChI is InChI=1S/C13H14Cl2N2O/c1-3-7-17(8-4-2)13(18)16-10-5-6-11(14)12(15)9-10/h1,5-6,9H,4,7-8H2,2H3,(H,16,18). The number of anilines is 1. The molecule has 18 heavy (non-hydrogen) atoms. The number of benzene rings is 1. The van der Waals surface area contributed by atoms with Crippen molar-refractivity contribution in [3.05, 3.63) is 28.2 Å². The number of nitrogens with one attached hydrogen (secondary N) is 1. The van der Waals surface area contributed by atoms with Gasteiger partial charge in [0.05, 0.1) is 16.6 Å². The van der Waals surface area contributed by atoms with Gasteiger partial charge in [0.25, 0.3) is 0 Å². The third kappa shape index (κ3) is 4.14. The maximum absolute atomic E-state index is 11.9. The van der Waals surface area contributed by atoms with Crippen LogP contribution in [0, 0.1) is 12.3 Å². The fourth-order valence-electron chi connectivity index (χ4n) is 1.41. The normalized spacial score (nSPS) is 9.67. The van der Waals surface area contributed by atoms with Crippen LogP contribution < -0.4 is 5.32 Å². The average Bonchev–Trinajstić information content (AvgIpc) is 2.33. The summed E-state index contributed by atoms with van der Waals surface area (Å²) >= 11 is 11.7. The molecular weight excluding hydrogens is 271 g/mol. The van der Waals surface area contributed by atoms with E-state index in [0.717, 1.165) is 6.42 Å². The summed E-state index contributed by atoms with van der Waals surface area (Å²) in [5, 5.41) is 3.57. The molecular formula is C13H14Cl2N2O. The molecule has 0 saturated heterocycles. The average molecular weight is 285 g/mol. The van der Waals surface area contributed by atoms with Gasteiger partial charge in [-0.05, 0) is 24.6 Å². The van der Waals surface area contributed by atoms with Crippen molar-refractivity contribution in [3.63, 3.8) is 0 Å². The third-order valence-electron chi connectivity index (χ3n) is 2.23. The summed E-state index contributed by atoms with van der Waals surface area (Å²) in [7, 11) is 0. The van der Waals surface area contributed by atoms with E-state index in [9.17, 15) is 4.79 Å². The molecule has 0 aliphatic carbocycles. The number of halogens is 2. The highest BCUT2D eigenvalue weighted by Crippen LogP contribution is 2.25. The third-order valence-corrected chi connectivity index (χ3v) is 2.97. The maximum atomic E-state index is 11.9. The molecule has 0 unspecified atom stereocenters.